The molecule has 2 saturated heterocycles. The van der Waals surface area contributed by atoms with E-state index in [9.17, 15) is 19.6 Å². The van der Waals surface area contributed by atoms with E-state index in [0.717, 1.165) is 53.6 Å². The molecule has 2 aromatic carbocycles. The van der Waals surface area contributed by atoms with Gasteiger partial charge in [-0.25, -0.2) is 4.79 Å². The van der Waals surface area contributed by atoms with Crippen LogP contribution in [0.15, 0.2) is 42.5 Å². The van der Waals surface area contributed by atoms with Crippen LogP contribution in [0, 0.1) is 17.2 Å². The quantitative estimate of drug-likeness (QED) is 0.611. The van der Waals surface area contributed by atoms with Crippen LogP contribution in [-0.2, 0) is 27.2 Å². The zero-order chi connectivity index (χ0) is 27.9. The Morgan fingerprint density at radius 2 is 1.74 bits per heavy atom. The minimum absolute atomic E-state index is 0.00795. The standard InChI is InChI=1S/C31H36N4O4/c1-31(2,3)39-30(38)35-25-12-9-21(10-13-25)28(35)29(37)33-24(18-32)15-19-5-7-20(8-6-19)22-11-14-26-23(16-22)17-27(36)34(26)4/h5-8,11,14,16,21,24-25,28H,9-10,12-13,15,17H2,1-4H3,(H,33,37)/t21?,24-,25?,28-/m0/s1. The summed E-state index contributed by atoms with van der Waals surface area (Å²) >= 11 is 0. The molecule has 1 N–H and O–H groups in total. The van der Waals surface area contributed by atoms with Crippen molar-refractivity contribution in [3.63, 3.8) is 0 Å². The van der Waals surface area contributed by atoms with Crippen LogP contribution in [0.5, 0.6) is 0 Å². The monoisotopic (exact) mass is 528 g/mol. The van der Waals surface area contributed by atoms with Gasteiger partial charge in [-0.05, 0) is 86.8 Å². The Morgan fingerprint density at radius 3 is 2.38 bits per heavy atom. The third-order valence-corrected chi connectivity index (χ3v) is 8.11. The summed E-state index contributed by atoms with van der Waals surface area (Å²) in [5.74, 6) is -0.114. The molecule has 8 nitrogen and oxygen atoms in total. The number of hydrogen-bond donors (Lipinski definition) is 1. The normalized spacial score (nSPS) is 22.7. The third kappa shape index (κ3) is 5.49. The molecule has 3 aliphatic heterocycles. The summed E-state index contributed by atoms with van der Waals surface area (Å²) in [6.45, 7) is 5.47. The van der Waals surface area contributed by atoms with Crippen molar-refractivity contribution in [2.45, 2.75) is 83.0 Å². The molecule has 3 amide bonds. The van der Waals surface area contributed by atoms with Crippen molar-refractivity contribution in [3.8, 4) is 17.2 Å². The van der Waals surface area contributed by atoms with Gasteiger partial charge < -0.3 is 15.0 Å². The second-order valence-corrected chi connectivity index (χ2v) is 12.0. The molecule has 0 aromatic heterocycles. The summed E-state index contributed by atoms with van der Waals surface area (Å²) in [6.07, 6.45) is 3.86. The highest BCUT2D eigenvalue weighted by molar-refractivity contribution is 6.01. The molecule has 39 heavy (non-hydrogen) atoms. The summed E-state index contributed by atoms with van der Waals surface area (Å²) in [7, 11) is 1.79. The van der Waals surface area contributed by atoms with Crippen LogP contribution in [0.2, 0.25) is 0 Å². The van der Waals surface area contributed by atoms with Crippen LogP contribution in [0.1, 0.15) is 57.6 Å². The van der Waals surface area contributed by atoms with Crippen molar-refractivity contribution >= 4 is 23.6 Å². The molecule has 0 radical (unpaired) electrons. The maximum absolute atomic E-state index is 13.5. The van der Waals surface area contributed by atoms with Gasteiger partial charge in [-0.1, -0.05) is 30.3 Å². The second kappa shape index (κ2) is 10.4. The highest BCUT2D eigenvalue weighted by Gasteiger charge is 2.49. The summed E-state index contributed by atoms with van der Waals surface area (Å²) in [5.41, 5.74) is 4.30. The van der Waals surface area contributed by atoms with E-state index in [-0.39, 0.29) is 23.8 Å². The number of piperidine rings is 2. The molecule has 4 aliphatic rings. The number of ether oxygens (including phenoxy) is 1. The molecule has 3 fully saturated rings. The fourth-order valence-electron chi connectivity index (χ4n) is 6.17. The second-order valence-electron chi connectivity index (χ2n) is 12.0. The number of likely N-dealkylation sites (N-methyl/N-ethyl adjacent to an activating group) is 1. The molecule has 1 aliphatic carbocycles. The van der Waals surface area contributed by atoms with Crippen molar-refractivity contribution < 1.29 is 19.1 Å². The van der Waals surface area contributed by atoms with Crippen LogP contribution in [0.25, 0.3) is 11.1 Å². The summed E-state index contributed by atoms with van der Waals surface area (Å²) in [6, 6.07) is 14.9. The first-order chi connectivity index (χ1) is 18.5. The fourth-order valence-corrected chi connectivity index (χ4v) is 6.17. The van der Waals surface area contributed by atoms with Crippen molar-refractivity contribution in [2.75, 3.05) is 11.9 Å². The Labute approximate surface area is 229 Å². The van der Waals surface area contributed by atoms with Crippen LogP contribution in [0.3, 0.4) is 0 Å². The van der Waals surface area contributed by atoms with Crippen LogP contribution >= 0.6 is 0 Å². The first-order valence-corrected chi connectivity index (χ1v) is 13.7. The van der Waals surface area contributed by atoms with Crippen LogP contribution in [0.4, 0.5) is 10.5 Å². The molecule has 3 heterocycles. The van der Waals surface area contributed by atoms with E-state index < -0.39 is 23.8 Å². The first kappa shape index (κ1) is 26.7. The highest BCUT2D eigenvalue weighted by Crippen LogP contribution is 2.40. The lowest BCUT2D eigenvalue weighted by Gasteiger charge is -2.50. The van der Waals surface area contributed by atoms with E-state index in [1.807, 2.05) is 57.2 Å². The number of nitrogens with zero attached hydrogens (tertiary/aromatic N) is 3. The van der Waals surface area contributed by atoms with Gasteiger partial charge in [0.1, 0.15) is 17.7 Å². The van der Waals surface area contributed by atoms with Gasteiger partial charge in [-0.2, -0.15) is 5.26 Å². The SMILES string of the molecule is CN1C(=O)Cc2cc(-c3ccc(C[C@@H](C#N)NC(=O)[C@@H]4C5CCC(CC5)N4C(=O)OC(C)(C)C)cc3)ccc21. The number of carbonyl (C=O) groups is 3. The number of nitrogens with one attached hydrogen (secondary N) is 1. The number of fused-ring (bicyclic) bond motifs is 4. The summed E-state index contributed by atoms with van der Waals surface area (Å²) < 4.78 is 5.64. The molecule has 204 valence electrons. The number of hydrogen-bond acceptors (Lipinski definition) is 5. The zero-order valence-corrected chi connectivity index (χ0v) is 23.1. The molecule has 2 bridgehead atoms. The predicted molar refractivity (Wildman–Crippen MR) is 148 cm³/mol. The Kier molecular flexibility index (Phi) is 7.11. The number of rotatable bonds is 5. The molecule has 0 unspecified atom stereocenters. The van der Waals surface area contributed by atoms with Gasteiger partial charge in [0.25, 0.3) is 0 Å². The van der Waals surface area contributed by atoms with Gasteiger partial charge >= 0.3 is 6.09 Å². The average Bonchev–Trinajstić information content (AvgIpc) is 3.20. The van der Waals surface area contributed by atoms with Crippen LogP contribution < -0.4 is 10.2 Å². The van der Waals surface area contributed by atoms with Crippen molar-refractivity contribution in [1.82, 2.24) is 10.2 Å². The Bertz CT molecular complexity index is 1320. The minimum atomic E-state index is -0.717. The number of anilines is 1. The average molecular weight is 529 g/mol. The molecule has 2 atom stereocenters. The largest absolute Gasteiger partial charge is 0.444 e. The van der Waals surface area contributed by atoms with E-state index in [4.69, 9.17) is 4.74 Å². The summed E-state index contributed by atoms with van der Waals surface area (Å²) in [5, 5.41) is 12.8. The fraction of sp³-hybridized carbons (Fsp3) is 0.484. The predicted octanol–water partition coefficient (Wildman–Crippen LogP) is 4.60. The van der Waals surface area contributed by atoms with E-state index in [2.05, 4.69) is 17.5 Å². The van der Waals surface area contributed by atoms with Crippen LogP contribution in [-0.4, -0.2) is 53.6 Å². The smallest absolute Gasteiger partial charge is 0.411 e. The molecule has 1 saturated carbocycles. The van der Waals surface area contributed by atoms with Gasteiger partial charge in [-0.3, -0.25) is 14.5 Å². The molecule has 6 rings (SSSR count). The number of benzene rings is 2. The Hall–Kier alpha value is -3.86. The lowest BCUT2D eigenvalue weighted by molar-refractivity contribution is -0.135. The minimum Gasteiger partial charge on any atom is -0.444 e. The third-order valence-electron chi connectivity index (χ3n) is 8.11. The number of nitriles is 1. The summed E-state index contributed by atoms with van der Waals surface area (Å²) in [4.78, 5) is 41.8. The number of carbonyl (C=O) groups excluding carboxylic acids is 3. The highest BCUT2D eigenvalue weighted by atomic mass is 16.6. The number of amides is 3. The van der Waals surface area contributed by atoms with Crippen molar-refractivity contribution in [2.24, 2.45) is 5.92 Å². The van der Waals surface area contributed by atoms with E-state index >= 15 is 0 Å². The maximum atomic E-state index is 13.5. The molecular formula is C31H36N4O4. The lowest BCUT2D eigenvalue weighted by Crippen LogP contribution is -2.64. The van der Waals surface area contributed by atoms with Gasteiger partial charge in [0.15, 0.2) is 0 Å². The first-order valence-electron chi connectivity index (χ1n) is 13.7. The molecule has 0 spiro atoms. The van der Waals surface area contributed by atoms with Crippen molar-refractivity contribution in [3.05, 3.63) is 53.6 Å². The Morgan fingerprint density at radius 1 is 1.08 bits per heavy atom. The van der Waals surface area contributed by atoms with Gasteiger partial charge in [0.05, 0.1) is 12.5 Å². The molecule has 2 aromatic rings. The molecular weight excluding hydrogens is 492 g/mol. The van der Waals surface area contributed by atoms with E-state index in [1.54, 1.807) is 16.8 Å². The topological polar surface area (TPSA) is 103 Å². The van der Waals surface area contributed by atoms with Gasteiger partial charge in [0, 0.05) is 25.2 Å². The van der Waals surface area contributed by atoms with Crippen molar-refractivity contribution in [1.29, 1.82) is 5.26 Å². The molecule has 8 heteroatoms. The van der Waals surface area contributed by atoms with E-state index in [0.29, 0.717) is 12.8 Å². The zero-order valence-electron chi connectivity index (χ0n) is 23.1. The van der Waals surface area contributed by atoms with E-state index in [1.165, 1.54) is 0 Å². The lowest BCUT2D eigenvalue weighted by atomic mass is 9.74. The maximum Gasteiger partial charge on any atom is 0.411 e. The van der Waals surface area contributed by atoms with Gasteiger partial charge in [-0.15, -0.1) is 0 Å². The van der Waals surface area contributed by atoms with Gasteiger partial charge in [0.2, 0.25) is 11.8 Å². The Balaban J connectivity index is 1.26.